The summed E-state index contributed by atoms with van der Waals surface area (Å²) < 4.78 is 17.3. The molecule has 0 bridgehead atoms. The number of hydrazone groups is 1. The molecule has 0 aliphatic heterocycles. The number of hydrogen-bond acceptors (Lipinski definition) is 6. The van der Waals surface area contributed by atoms with Gasteiger partial charge in [-0.1, -0.05) is 60.7 Å². The number of amides is 1. The van der Waals surface area contributed by atoms with Crippen LogP contribution in [-0.4, -0.2) is 31.8 Å². The Bertz CT molecular complexity index is 1700. The monoisotopic (exact) mass is 582 g/mol. The summed E-state index contributed by atoms with van der Waals surface area (Å²) in [6.45, 7) is -0.233. The lowest BCUT2D eigenvalue weighted by molar-refractivity contribution is -0.123. The number of methoxy groups -OCH3 is 1. The lowest BCUT2D eigenvalue weighted by atomic mass is 10.0. The van der Waals surface area contributed by atoms with Crippen LogP contribution in [0.2, 0.25) is 0 Å². The molecule has 8 heteroatoms. The van der Waals surface area contributed by atoms with Crippen molar-refractivity contribution in [2.75, 3.05) is 13.7 Å². The maximum Gasteiger partial charge on any atom is 0.343 e. The number of benzene rings is 5. The van der Waals surface area contributed by atoms with Gasteiger partial charge >= 0.3 is 5.97 Å². The van der Waals surface area contributed by atoms with E-state index in [-0.39, 0.29) is 6.61 Å². The minimum atomic E-state index is -0.527. The molecule has 0 unspecified atom stereocenters. The van der Waals surface area contributed by atoms with Crippen molar-refractivity contribution in [2.24, 2.45) is 5.10 Å². The molecule has 1 N–H and O–H groups in total. The summed E-state index contributed by atoms with van der Waals surface area (Å²) in [5.41, 5.74) is 3.41. The Morgan fingerprint density at radius 1 is 0.821 bits per heavy atom. The number of carbonyl (C=O) groups is 2. The number of rotatable bonds is 8. The second kappa shape index (κ2) is 11.8. The molecule has 5 rings (SSSR count). The van der Waals surface area contributed by atoms with Crippen molar-refractivity contribution in [3.63, 3.8) is 0 Å². The predicted octanol–water partition coefficient (Wildman–Crippen LogP) is 6.51. The third kappa shape index (κ3) is 5.91. The van der Waals surface area contributed by atoms with E-state index in [1.807, 2.05) is 66.7 Å². The van der Waals surface area contributed by atoms with Crippen molar-refractivity contribution >= 4 is 55.6 Å². The van der Waals surface area contributed by atoms with Gasteiger partial charge in [0.1, 0.15) is 17.2 Å². The van der Waals surface area contributed by atoms with Gasteiger partial charge in [-0.3, -0.25) is 4.79 Å². The van der Waals surface area contributed by atoms with E-state index in [1.54, 1.807) is 37.4 Å². The first-order chi connectivity index (χ1) is 19.0. The Balaban J connectivity index is 1.30. The van der Waals surface area contributed by atoms with Gasteiger partial charge in [-0.15, -0.1) is 0 Å². The van der Waals surface area contributed by atoms with Gasteiger partial charge < -0.3 is 14.2 Å². The number of nitrogens with zero attached hydrogens (tertiary/aromatic N) is 1. The van der Waals surface area contributed by atoms with Gasteiger partial charge in [0.05, 0.1) is 23.4 Å². The summed E-state index contributed by atoms with van der Waals surface area (Å²) in [6, 6.07) is 29.4. The maximum atomic E-state index is 12.8. The Morgan fingerprint density at radius 2 is 1.46 bits per heavy atom. The van der Waals surface area contributed by atoms with E-state index in [9.17, 15) is 9.59 Å². The lowest BCUT2D eigenvalue weighted by Crippen LogP contribution is -2.24. The zero-order valence-corrected chi connectivity index (χ0v) is 22.5. The fourth-order valence-corrected chi connectivity index (χ4v) is 4.66. The Morgan fingerprint density at radius 3 is 2.18 bits per heavy atom. The van der Waals surface area contributed by atoms with Crippen LogP contribution < -0.4 is 19.6 Å². The molecule has 194 valence electrons. The van der Waals surface area contributed by atoms with Gasteiger partial charge in [0.2, 0.25) is 0 Å². The van der Waals surface area contributed by atoms with E-state index in [0.717, 1.165) is 26.0 Å². The van der Waals surface area contributed by atoms with Crippen LogP contribution >= 0.6 is 15.9 Å². The SMILES string of the molecule is COc1ccc(C(=O)Oc2ccc3ccccc3c2/C=N/NC(=O)COc2ccc3ccccc3c2Br)cc1. The first-order valence-electron chi connectivity index (χ1n) is 12.0. The molecule has 0 fully saturated rings. The first-order valence-corrected chi connectivity index (χ1v) is 12.8. The molecule has 0 heterocycles. The van der Waals surface area contributed by atoms with Gasteiger partial charge in [-0.05, 0) is 73.9 Å². The van der Waals surface area contributed by atoms with Gasteiger partial charge in [0.15, 0.2) is 6.61 Å². The van der Waals surface area contributed by atoms with E-state index < -0.39 is 11.9 Å². The molecule has 5 aromatic rings. The van der Waals surface area contributed by atoms with Crippen LogP contribution in [0.4, 0.5) is 0 Å². The summed E-state index contributed by atoms with van der Waals surface area (Å²) in [7, 11) is 1.56. The van der Waals surface area contributed by atoms with Crippen LogP contribution in [0.25, 0.3) is 21.5 Å². The van der Waals surface area contributed by atoms with Gasteiger partial charge in [-0.25, -0.2) is 10.2 Å². The number of nitrogens with one attached hydrogen (secondary N) is 1. The lowest BCUT2D eigenvalue weighted by Gasteiger charge is -2.11. The van der Waals surface area contributed by atoms with E-state index in [0.29, 0.717) is 28.4 Å². The molecule has 39 heavy (non-hydrogen) atoms. The van der Waals surface area contributed by atoms with Crippen LogP contribution in [-0.2, 0) is 4.79 Å². The molecule has 0 radical (unpaired) electrons. The Labute approximate surface area is 233 Å². The van der Waals surface area contributed by atoms with Crippen LogP contribution in [0.3, 0.4) is 0 Å². The average molecular weight is 583 g/mol. The highest BCUT2D eigenvalue weighted by Gasteiger charge is 2.14. The van der Waals surface area contributed by atoms with Crippen molar-refractivity contribution in [3.05, 3.63) is 113 Å². The quantitative estimate of drug-likeness (QED) is 0.0974. The van der Waals surface area contributed by atoms with E-state index in [2.05, 4.69) is 26.5 Å². The van der Waals surface area contributed by atoms with Crippen molar-refractivity contribution in [1.82, 2.24) is 5.43 Å². The van der Waals surface area contributed by atoms with Crippen LogP contribution in [0, 0.1) is 0 Å². The summed E-state index contributed by atoms with van der Waals surface area (Å²) in [4.78, 5) is 25.3. The van der Waals surface area contributed by atoms with Crippen LogP contribution in [0.1, 0.15) is 15.9 Å². The molecule has 0 aliphatic rings. The molecule has 0 saturated carbocycles. The van der Waals surface area contributed by atoms with E-state index >= 15 is 0 Å². The largest absolute Gasteiger partial charge is 0.497 e. The number of carbonyl (C=O) groups excluding carboxylic acids is 2. The molecular weight excluding hydrogens is 560 g/mol. The third-order valence-electron chi connectivity index (χ3n) is 6.03. The summed E-state index contributed by atoms with van der Waals surface area (Å²) in [5, 5.41) is 7.90. The van der Waals surface area contributed by atoms with Crippen molar-refractivity contribution in [1.29, 1.82) is 0 Å². The standard InChI is InChI=1S/C31H23BrN2O5/c1-37-23-14-10-22(11-15-23)31(36)39-27-16-12-20-6-2-4-8-24(20)26(27)18-33-34-29(35)19-38-28-17-13-21-7-3-5-9-25(21)30(28)32/h2-18H,19H2,1H3,(H,34,35)/b33-18+. The second-order valence-electron chi connectivity index (χ2n) is 8.50. The first kappa shape index (κ1) is 25.9. The van der Waals surface area contributed by atoms with E-state index in [4.69, 9.17) is 14.2 Å². The van der Waals surface area contributed by atoms with Gasteiger partial charge in [0, 0.05) is 5.56 Å². The number of esters is 1. The summed E-state index contributed by atoms with van der Waals surface area (Å²) in [5.74, 6) is 0.528. The topological polar surface area (TPSA) is 86.2 Å². The molecule has 0 aromatic heterocycles. The Hall–Kier alpha value is -4.69. The maximum absolute atomic E-state index is 12.8. The summed E-state index contributed by atoms with van der Waals surface area (Å²) >= 11 is 3.56. The second-order valence-corrected chi connectivity index (χ2v) is 9.29. The molecule has 0 saturated heterocycles. The fraction of sp³-hybridized carbons (Fsp3) is 0.0645. The van der Waals surface area contributed by atoms with Crippen molar-refractivity contribution < 1.29 is 23.8 Å². The van der Waals surface area contributed by atoms with Gasteiger partial charge in [0.25, 0.3) is 5.91 Å². The van der Waals surface area contributed by atoms with Crippen LogP contribution in [0.5, 0.6) is 17.2 Å². The highest BCUT2D eigenvalue weighted by Crippen LogP contribution is 2.33. The van der Waals surface area contributed by atoms with Crippen molar-refractivity contribution in [3.8, 4) is 17.2 Å². The zero-order valence-electron chi connectivity index (χ0n) is 20.9. The number of fused-ring (bicyclic) bond motifs is 2. The Kier molecular flexibility index (Phi) is 7.84. The molecule has 5 aromatic carbocycles. The normalized spacial score (nSPS) is 11.0. The van der Waals surface area contributed by atoms with Crippen molar-refractivity contribution in [2.45, 2.75) is 0 Å². The number of ether oxygens (including phenoxy) is 3. The smallest absolute Gasteiger partial charge is 0.343 e. The fourth-order valence-electron chi connectivity index (χ4n) is 4.05. The predicted molar refractivity (Wildman–Crippen MR) is 155 cm³/mol. The van der Waals surface area contributed by atoms with Gasteiger partial charge in [-0.2, -0.15) is 5.10 Å². The summed E-state index contributed by atoms with van der Waals surface area (Å²) in [6.07, 6.45) is 1.46. The molecule has 0 spiro atoms. The highest BCUT2D eigenvalue weighted by molar-refractivity contribution is 9.10. The molecule has 1 amide bonds. The minimum absolute atomic E-state index is 0.233. The molecular formula is C31H23BrN2O5. The zero-order chi connectivity index (χ0) is 27.2. The number of halogens is 1. The van der Waals surface area contributed by atoms with Crippen LogP contribution in [0.15, 0.2) is 107 Å². The average Bonchev–Trinajstić information content (AvgIpc) is 2.98. The van der Waals surface area contributed by atoms with E-state index in [1.165, 1.54) is 6.21 Å². The third-order valence-corrected chi connectivity index (χ3v) is 6.85. The molecule has 0 atom stereocenters. The highest BCUT2D eigenvalue weighted by atomic mass is 79.9. The molecule has 7 nitrogen and oxygen atoms in total. The molecule has 0 aliphatic carbocycles. The minimum Gasteiger partial charge on any atom is -0.497 e. The number of hydrogen-bond donors (Lipinski definition) is 1.